The van der Waals surface area contributed by atoms with E-state index in [1.165, 1.54) is 12.8 Å². The van der Waals surface area contributed by atoms with Crippen molar-refractivity contribution in [2.45, 2.75) is 37.5 Å². The van der Waals surface area contributed by atoms with E-state index in [1.807, 2.05) is 24.3 Å². The highest BCUT2D eigenvalue weighted by atomic mass is 35.5. The van der Waals surface area contributed by atoms with Crippen LogP contribution in [0.2, 0.25) is 20.1 Å². The van der Waals surface area contributed by atoms with Crippen molar-refractivity contribution >= 4 is 46.4 Å². The van der Waals surface area contributed by atoms with E-state index in [4.69, 9.17) is 46.4 Å². The zero-order valence-electron chi connectivity index (χ0n) is 12.0. The Morgan fingerprint density at radius 1 is 0.636 bits per heavy atom. The first-order chi connectivity index (χ1) is 10.6. The summed E-state index contributed by atoms with van der Waals surface area (Å²) in [5.41, 5.74) is 2.24. The van der Waals surface area contributed by atoms with Crippen molar-refractivity contribution in [1.29, 1.82) is 0 Å². The second-order valence-electron chi connectivity index (χ2n) is 5.78. The van der Waals surface area contributed by atoms with Gasteiger partial charge < -0.3 is 0 Å². The largest absolute Gasteiger partial charge is 0.0827 e. The molecule has 0 amide bonds. The van der Waals surface area contributed by atoms with Gasteiger partial charge in [-0.3, -0.25) is 0 Å². The van der Waals surface area contributed by atoms with Gasteiger partial charge in [0.1, 0.15) is 0 Å². The predicted octanol–water partition coefficient (Wildman–Crippen LogP) is 7.74. The Hall–Kier alpha value is -0.400. The molecule has 116 valence electrons. The van der Waals surface area contributed by atoms with Crippen molar-refractivity contribution < 1.29 is 0 Å². The van der Waals surface area contributed by atoms with Gasteiger partial charge >= 0.3 is 0 Å². The SMILES string of the molecule is Clc1cccc(C2CCCCC2c2cccc(Cl)c2Cl)c1Cl. The summed E-state index contributed by atoms with van der Waals surface area (Å²) in [4.78, 5) is 0. The lowest BCUT2D eigenvalue weighted by Gasteiger charge is -2.33. The normalized spacial score (nSPS) is 21.8. The van der Waals surface area contributed by atoms with Gasteiger partial charge in [-0.05, 0) is 47.9 Å². The molecule has 0 saturated heterocycles. The first-order valence-corrected chi connectivity index (χ1v) is 8.98. The molecular weight excluding hydrogens is 358 g/mol. The van der Waals surface area contributed by atoms with Crippen LogP contribution in [-0.4, -0.2) is 0 Å². The molecule has 1 saturated carbocycles. The molecule has 1 fully saturated rings. The second-order valence-corrected chi connectivity index (χ2v) is 7.35. The maximum absolute atomic E-state index is 6.46. The summed E-state index contributed by atoms with van der Waals surface area (Å²) < 4.78 is 0. The summed E-state index contributed by atoms with van der Waals surface area (Å²) in [6.45, 7) is 0. The quantitative estimate of drug-likeness (QED) is 0.504. The lowest BCUT2D eigenvalue weighted by Crippen LogP contribution is -2.17. The van der Waals surface area contributed by atoms with Gasteiger partial charge in [-0.2, -0.15) is 0 Å². The summed E-state index contributed by atoms with van der Waals surface area (Å²) >= 11 is 25.3. The molecule has 2 aromatic carbocycles. The van der Waals surface area contributed by atoms with Crippen molar-refractivity contribution in [3.05, 3.63) is 67.6 Å². The van der Waals surface area contributed by atoms with E-state index in [-0.39, 0.29) is 0 Å². The van der Waals surface area contributed by atoms with E-state index in [2.05, 4.69) is 12.1 Å². The lowest BCUT2D eigenvalue weighted by atomic mass is 9.72. The minimum atomic E-state index is 0.330. The smallest absolute Gasteiger partial charge is 0.0627 e. The predicted molar refractivity (Wildman–Crippen MR) is 96.9 cm³/mol. The average molecular weight is 374 g/mol. The molecule has 0 radical (unpaired) electrons. The van der Waals surface area contributed by atoms with Gasteiger partial charge in [0.05, 0.1) is 20.1 Å². The minimum absolute atomic E-state index is 0.330. The lowest BCUT2D eigenvalue weighted by molar-refractivity contribution is 0.386. The van der Waals surface area contributed by atoms with Crippen molar-refractivity contribution in [3.8, 4) is 0 Å². The van der Waals surface area contributed by atoms with Gasteiger partial charge in [0.15, 0.2) is 0 Å². The number of halogens is 4. The summed E-state index contributed by atoms with van der Waals surface area (Å²) in [6.07, 6.45) is 4.57. The molecule has 0 aliphatic heterocycles. The van der Waals surface area contributed by atoms with Crippen LogP contribution in [-0.2, 0) is 0 Å². The molecule has 0 spiro atoms. The molecule has 0 aromatic heterocycles. The van der Waals surface area contributed by atoms with Crippen LogP contribution < -0.4 is 0 Å². The van der Waals surface area contributed by atoms with E-state index in [9.17, 15) is 0 Å². The van der Waals surface area contributed by atoms with Gasteiger partial charge in [0, 0.05) is 0 Å². The maximum Gasteiger partial charge on any atom is 0.0627 e. The number of rotatable bonds is 2. The fraction of sp³-hybridized carbons (Fsp3) is 0.333. The molecule has 0 N–H and O–H groups in total. The second kappa shape index (κ2) is 7.01. The van der Waals surface area contributed by atoms with Crippen molar-refractivity contribution in [2.24, 2.45) is 0 Å². The molecule has 22 heavy (non-hydrogen) atoms. The first kappa shape index (κ1) is 16.5. The molecule has 1 aliphatic rings. The van der Waals surface area contributed by atoms with E-state index in [0.717, 1.165) is 24.0 Å². The minimum Gasteiger partial charge on any atom is -0.0827 e. The van der Waals surface area contributed by atoms with Crippen LogP contribution in [0.1, 0.15) is 48.6 Å². The Balaban J connectivity index is 2.05. The Morgan fingerprint density at radius 3 is 1.45 bits per heavy atom. The van der Waals surface area contributed by atoms with Crippen LogP contribution in [0, 0.1) is 0 Å². The molecule has 4 heteroatoms. The van der Waals surface area contributed by atoms with Crippen LogP contribution in [0.4, 0.5) is 0 Å². The highest BCUT2D eigenvalue weighted by Gasteiger charge is 2.31. The van der Waals surface area contributed by atoms with E-state index in [1.54, 1.807) is 0 Å². The number of hydrogen-bond donors (Lipinski definition) is 0. The standard InChI is InChI=1S/C18H16Cl4/c19-15-9-3-7-13(17(15)21)11-5-1-2-6-12(11)14-8-4-10-16(20)18(14)22/h3-4,7-12H,1-2,5-6H2. The molecule has 0 bridgehead atoms. The van der Waals surface area contributed by atoms with Crippen molar-refractivity contribution in [3.63, 3.8) is 0 Å². The zero-order valence-corrected chi connectivity index (χ0v) is 15.0. The van der Waals surface area contributed by atoms with Gasteiger partial charge in [0.2, 0.25) is 0 Å². The third-order valence-corrected chi connectivity index (χ3v) is 6.19. The van der Waals surface area contributed by atoms with E-state index < -0.39 is 0 Å². The van der Waals surface area contributed by atoms with Crippen molar-refractivity contribution in [1.82, 2.24) is 0 Å². The van der Waals surface area contributed by atoms with Gasteiger partial charge in [-0.25, -0.2) is 0 Å². The third-order valence-electron chi connectivity index (χ3n) is 4.53. The monoisotopic (exact) mass is 372 g/mol. The Labute approximate surface area is 151 Å². The topological polar surface area (TPSA) is 0 Å². The van der Waals surface area contributed by atoms with Gasteiger partial charge in [-0.1, -0.05) is 83.5 Å². The van der Waals surface area contributed by atoms with Crippen LogP contribution in [0.3, 0.4) is 0 Å². The van der Waals surface area contributed by atoms with Crippen LogP contribution >= 0.6 is 46.4 Å². The fourth-order valence-corrected chi connectivity index (χ4v) is 4.39. The van der Waals surface area contributed by atoms with Crippen LogP contribution in [0.25, 0.3) is 0 Å². The molecule has 1 aliphatic carbocycles. The number of hydrogen-bond acceptors (Lipinski definition) is 0. The Bertz CT molecular complexity index is 621. The molecule has 3 rings (SSSR count). The highest BCUT2D eigenvalue weighted by molar-refractivity contribution is 6.43. The molecular formula is C18H16Cl4. The highest BCUT2D eigenvalue weighted by Crippen LogP contribution is 2.49. The molecule has 0 heterocycles. The Morgan fingerprint density at radius 2 is 1.05 bits per heavy atom. The summed E-state index contributed by atoms with van der Waals surface area (Å²) in [5, 5.41) is 2.56. The first-order valence-electron chi connectivity index (χ1n) is 7.47. The average Bonchev–Trinajstić information content (AvgIpc) is 2.53. The summed E-state index contributed by atoms with van der Waals surface area (Å²) in [7, 11) is 0. The van der Waals surface area contributed by atoms with Crippen LogP contribution in [0.5, 0.6) is 0 Å². The molecule has 2 aromatic rings. The molecule has 2 atom stereocenters. The summed E-state index contributed by atoms with van der Waals surface area (Å²) in [6, 6.07) is 11.8. The molecule has 0 nitrogen and oxygen atoms in total. The van der Waals surface area contributed by atoms with Crippen molar-refractivity contribution in [2.75, 3.05) is 0 Å². The number of benzene rings is 2. The summed E-state index contributed by atoms with van der Waals surface area (Å²) in [5.74, 6) is 0.659. The van der Waals surface area contributed by atoms with E-state index in [0.29, 0.717) is 31.9 Å². The Kier molecular flexibility index (Phi) is 5.24. The van der Waals surface area contributed by atoms with Gasteiger partial charge in [0.25, 0.3) is 0 Å². The molecule has 2 unspecified atom stereocenters. The maximum atomic E-state index is 6.46. The third kappa shape index (κ3) is 3.12. The van der Waals surface area contributed by atoms with Gasteiger partial charge in [-0.15, -0.1) is 0 Å². The fourth-order valence-electron chi connectivity index (χ4n) is 3.49. The van der Waals surface area contributed by atoms with Crippen LogP contribution in [0.15, 0.2) is 36.4 Å². The zero-order chi connectivity index (χ0) is 15.7. The van der Waals surface area contributed by atoms with E-state index >= 15 is 0 Å².